The van der Waals surface area contributed by atoms with Gasteiger partial charge in [0.2, 0.25) is 0 Å². The molecule has 0 amide bonds. The van der Waals surface area contributed by atoms with Crippen molar-refractivity contribution in [2.75, 3.05) is 0 Å². The maximum atomic E-state index is 5.67. The molecule has 0 aliphatic carbocycles. The van der Waals surface area contributed by atoms with Crippen molar-refractivity contribution in [1.82, 2.24) is 0 Å². The predicted molar refractivity (Wildman–Crippen MR) is 420 cm³/mol. The number of hydrogen-bond acceptors (Lipinski definition) is 2. The van der Waals surface area contributed by atoms with Crippen LogP contribution in [0.5, 0.6) is 0 Å². The molecule has 2 aromatic rings. The lowest BCUT2D eigenvalue weighted by Gasteiger charge is -2.14. The zero-order valence-electron chi connectivity index (χ0n) is 62.9. The van der Waals surface area contributed by atoms with Crippen LogP contribution in [-0.4, -0.2) is 11.4 Å². The Balaban J connectivity index is 1.75. The molecule has 0 aromatic heterocycles. The summed E-state index contributed by atoms with van der Waals surface area (Å²) in [5.41, 5.74) is 7.54. The van der Waals surface area contributed by atoms with Crippen LogP contribution < -0.4 is 0 Å². The maximum Gasteiger partial charge on any atom is 0.0665 e. The number of allylic oxidation sites excluding steroid dienone is 4. The van der Waals surface area contributed by atoms with Crippen molar-refractivity contribution < 1.29 is 0 Å². The third-order valence-electron chi connectivity index (χ3n) is 20.3. The first-order valence-corrected chi connectivity index (χ1v) is 42.3. The second kappa shape index (κ2) is 71.0. The van der Waals surface area contributed by atoms with Crippen LogP contribution in [0.1, 0.15) is 463 Å². The summed E-state index contributed by atoms with van der Waals surface area (Å²) in [6, 6.07) is 18.1. The van der Waals surface area contributed by atoms with Gasteiger partial charge in [0.05, 0.1) is 22.8 Å². The minimum absolute atomic E-state index is 1.00. The van der Waals surface area contributed by atoms with E-state index in [1.54, 1.807) is 0 Å². The summed E-state index contributed by atoms with van der Waals surface area (Å²) in [4.78, 5) is 11.3. The molecule has 2 rings (SSSR count). The van der Waals surface area contributed by atoms with Gasteiger partial charge in [-0.1, -0.05) is 448 Å². The number of nitrogens with zero attached hydrogens (tertiary/aromatic N) is 2. The van der Waals surface area contributed by atoms with Gasteiger partial charge in [-0.15, -0.1) is 0 Å². The highest BCUT2D eigenvalue weighted by atomic mass is 14.8. The first-order chi connectivity index (χ1) is 45.7. The van der Waals surface area contributed by atoms with Crippen molar-refractivity contribution in [2.45, 2.75) is 464 Å². The minimum Gasteiger partial charge on any atom is -0.251 e. The Morgan fingerprint density at radius 3 is 0.652 bits per heavy atom. The van der Waals surface area contributed by atoms with Gasteiger partial charge in [-0.3, -0.25) is 9.98 Å². The number of aryl methyl sites for hydroxylation is 2. The van der Waals surface area contributed by atoms with Crippen LogP contribution in [0.25, 0.3) is 0 Å². The fourth-order valence-corrected chi connectivity index (χ4v) is 14.0. The Hall–Kier alpha value is -2.74. The van der Waals surface area contributed by atoms with Crippen molar-refractivity contribution in [3.05, 3.63) is 84.0 Å². The van der Waals surface area contributed by atoms with E-state index in [-0.39, 0.29) is 0 Å². The van der Waals surface area contributed by atoms with Crippen molar-refractivity contribution in [1.29, 1.82) is 0 Å². The highest BCUT2D eigenvalue weighted by Gasteiger charge is 2.14. The van der Waals surface area contributed by atoms with Gasteiger partial charge in [-0.05, 0) is 100 Å². The lowest BCUT2D eigenvalue weighted by atomic mass is 9.99. The molecule has 0 atom stereocenters. The molecule has 0 unspecified atom stereocenters. The van der Waals surface area contributed by atoms with E-state index in [0.717, 1.165) is 49.9 Å². The molecular weight excluding hydrogens is 1110 g/mol. The third kappa shape index (κ3) is 56.4. The molecule has 0 radical (unpaired) electrons. The molecule has 2 nitrogen and oxygen atoms in total. The first-order valence-electron chi connectivity index (χ1n) is 42.3. The molecule has 92 heavy (non-hydrogen) atoms. The lowest BCUT2D eigenvalue weighted by Crippen LogP contribution is -2.15. The summed E-state index contributed by atoms with van der Waals surface area (Å²) in [5.74, 6) is 0. The molecule has 0 fully saturated rings. The Kier molecular flexibility index (Phi) is 65.9. The van der Waals surface area contributed by atoms with Gasteiger partial charge in [0.15, 0.2) is 0 Å². The summed E-state index contributed by atoms with van der Waals surface area (Å²) < 4.78 is 0. The topological polar surface area (TPSA) is 24.7 Å². The van der Waals surface area contributed by atoms with E-state index >= 15 is 0 Å². The maximum absolute atomic E-state index is 5.67. The molecule has 0 aliphatic heterocycles. The van der Waals surface area contributed by atoms with Gasteiger partial charge in [-0.25, -0.2) is 0 Å². The average Bonchev–Trinajstić information content (AvgIpc) is 1.48. The molecule has 0 spiro atoms. The van der Waals surface area contributed by atoms with Crippen LogP contribution in [0.2, 0.25) is 0 Å². The Morgan fingerprint density at radius 1 is 0.217 bits per heavy atom. The van der Waals surface area contributed by atoms with E-state index in [4.69, 9.17) is 9.98 Å². The molecule has 2 aromatic carbocycles. The fraction of sp³-hybridized carbons (Fsp3) is 0.800. The van der Waals surface area contributed by atoms with Crippen molar-refractivity contribution >= 4 is 22.8 Å². The van der Waals surface area contributed by atoms with Gasteiger partial charge in [0.25, 0.3) is 0 Å². The minimum atomic E-state index is 1.00. The quantitative estimate of drug-likeness (QED) is 0.0358. The van der Waals surface area contributed by atoms with Gasteiger partial charge in [-0.2, -0.15) is 0 Å². The number of aliphatic imine (C=N–C) groups is 2. The number of hydrogen-bond donors (Lipinski definition) is 0. The standard InChI is InChI=1S/C90H160N2/c1-5-9-13-16-19-22-24-26-28-30-32-34-36-38-40-42-44-46-48-50-52-54-56-58-61-63-66-70-77-85-79-73-75-81-87(85)91-89(83-69-12-8-4)90(84-72-68-65-60-21-18-15-11-7-3)92-88-82-76-74-80-86(88)78-71-67-64-62-59-57-55-53-51-49-47-45-43-41-39-37-35-33-31-29-27-25-23-20-17-14-10-6-2/h63-64,66-67,73-76,79-82H,5-62,65,68-72,77-78,83-84H2,1-4H3/b66-63+,67-64+,91-89?,92-90?. The van der Waals surface area contributed by atoms with E-state index < -0.39 is 0 Å². The van der Waals surface area contributed by atoms with E-state index in [2.05, 4.69) is 101 Å². The lowest BCUT2D eigenvalue weighted by molar-refractivity contribution is 0.517. The summed E-state index contributed by atoms with van der Waals surface area (Å²) in [6.45, 7) is 9.28. The second-order valence-corrected chi connectivity index (χ2v) is 29.3. The number of benzene rings is 2. The van der Waals surface area contributed by atoms with Crippen LogP contribution in [0.4, 0.5) is 11.4 Å². The Morgan fingerprint density at radius 2 is 0.402 bits per heavy atom. The SMILES string of the molecule is CCCCCCCCCCCCCCCCCCCCCCCCCC/C=C/CCc1ccccc1N=C(CCCCC)C(CCCCCCCCCCC)=Nc1ccccc1CC/C=C/CCCCCCCCCCCCCCCCCCCCCCCCCC. The molecule has 0 heterocycles. The van der Waals surface area contributed by atoms with Gasteiger partial charge in [0, 0.05) is 0 Å². The summed E-state index contributed by atoms with van der Waals surface area (Å²) >= 11 is 0. The van der Waals surface area contributed by atoms with Crippen LogP contribution in [-0.2, 0) is 12.8 Å². The van der Waals surface area contributed by atoms with E-state index in [0.29, 0.717) is 0 Å². The normalized spacial score (nSPS) is 12.3. The molecule has 530 valence electrons. The van der Waals surface area contributed by atoms with Crippen molar-refractivity contribution in [3.63, 3.8) is 0 Å². The zero-order chi connectivity index (χ0) is 65.4. The van der Waals surface area contributed by atoms with Gasteiger partial charge in [0.1, 0.15) is 0 Å². The highest BCUT2D eigenvalue weighted by molar-refractivity contribution is 6.43. The fourth-order valence-electron chi connectivity index (χ4n) is 14.0. The number of para-hydroxylation sites is 2. The van der Waals surface area contributed by atoms with Crippen LogP contribution in [0, 0.1) is 0 Å². The summed E-state index contributed by atoms with van der Waals surface area (Å²) in [6.07, 6.45) is 104. The van der Waals surface area contributed by atoms with Crippen molar-refractivity contribution in [3.8, 4) is 0 Å². The third-order valence-corrected chi connectivity index (χ3v) is 20.3. The summed E-state index contributed by atoms with van der Waals surface area (Å²) in [5, 5.41) is 0. The smallest absolute Gasteiger partial charge is 0.0665 e. The van der Waals surface area contributed by atoms with Crippen molar-refractivity contribution in [2.24, 2.45) is 9.98 Å². The Bertz CT molecular complexity index is 1920. The van der Waals surface area contributed by atoms with Crippen LogP contribution in [0.3, 0.4) is 0 Å². The van der Waals surface area contributed by atoms with Crippen LogP contribution in [0.15, 0.2) is 82.8 Å². The molecule has 0 aliphatic rings. The second-order valence-electron chi connectivity index (χ2n) is 29.3. The average molecular weight is 1270 g/mol. The number of unbranched alkanes of at least 4 members (excludes halogenated alkanes) is 58. The van der Waals surface area contributed by atoms with Gasteiger partial charge < -0.3 is 0 Å². The Labute approximate surface area is 577 Å². The number of rotatable bonds is 73. The molecular formula is C90H160N2. The van der Waals surface area contributed by atoms with Gasteiger partial charge >= 0.3 is 0 Å². The summed E-state index contributed by atoms with van der Waals surface area (Å²) in [7, 11) is 0. The predicted octanol–water partition coefficient (Wildman–Crippen LogP) is 32.6. The van der Waals surface area contributed by atoms with E-state index in [9.17, 15) is 0 Å². The highest BCUT2D eigenvalue weighted by Crippen LogP contribution is 2.28. The largest absolute Gasteiger partial charge is 0.251 e. The van der Waals surface area contributed by atoms with E-state index in [1.807, 2.05) is 0 Å². The first kappa shape index (κ1) is 85.3. The zero-order valence-corrected chi connectivity index (χ0v) is 62.9. The molecule has 2 heteroatoms. The molecule has 0 bridgehead atoms. The van der Waals surface area contributed by atoms with Crippen LogP contribution >= 0.6 is 0 Å². The molecule has 0 saturated heterocycles. The molecule has 0 N–H and O–H groups in total. The monoisotopic (exact) mass is 1270 g/mol. The van der Waals surface area contributed by atoms with E-state index in [1.165, 1.54) is 421 Å². The molecule has 0 saturated carbocycles.